The van der Waals surface area contributed by atoms with Crippen LogP contribution in [-0.4, -0.2) is 49.3 Å². The molecule has 136 valence electrons. The third-order valence-corrected chi connectivity index (χ3v) is 3.70. The highest BCUT2D eigenvalue weighted by molar-refractivity contribution is 5.85. The molecule has 0 saturated heterocycles. The highest BCUT2D eigenvalue weighted by atomic mass is 16.3. The zero-order chi connectivity index (χ0) is 19.2. The summed E-state index contributed by atoms with van der Waals surface area (Å²) in [5, 5.41) is 42.6. The topological polar surface area (TPSA) is 144 Å². The van der Waals surface area contributed by atoms with Crippen LogP contribution in [0.3, 0.4) is 0 Å². The predicted molar refractivity (Wildman–Crippen MR) is 99.4 cm³/mol. The number of aromatic nitrogens is 4. The summed E-state index contributed by atoms with van der Waals surface area (Å²) in [6, 6.07) is 8.50. The van der Waals surface area contributed by atoms with Crippen molar-refractivity contribution in [2.45, 2.75) is 6.54 Å². The third-order valence-electron chi connectivity index (χ3n) is 3.70. The number of hydrogen-bond acceptors (Lipinski definition) is 8. The molecule has 4 N–H and O–H groups in total. The van der Waals surface area contributed by atoms with E-state index in [1.54, 1.807) is 30.6 Å². The van der Waals surface area contributed by atoms with Crippen molar-refractivity contribution < 1.29 is 10.2 Å². The molecule has 2 heterocycles. The zero-order valence-electron chi connectivity index (χ0n) is 14.3. The maximum Gasteiger partial charge on any atom is 0.223 e. The van der Waals surface area contributed by atoms with Crippen molar-refractivity contribution in [3.8, 4) is 34.3 Å². The molecule has 27 heavy (non-hydrogen) atoms. The third kappa shape index (κ3) is 4.08. The quantitative estimate of drug-likeness (QED) is 0.467. The molecule has 0 saturated carbocycles. The van der Waals surface area contributed by atoms with Gasteiger partial charge in [0.15, 0.2) is 0 Å². The van der Waals surface area contributed by atoms with E-state index < -0.39 is 0 Å². The second-order valence-corrected chi connectivity index (χ2v) is 5.62. The molecule has 0 amide bonds. The lowest BCUT2D eigenvalue weighted by Crippen LogP contribution is -2.08. The van der Waals surface area contributed by atoms with Crippen molar-refractivity contribution >= 4 is 12.2 Å². The highest BCUT2D eigenvalue weighted by Gasteiger charge is 2.16. The Labute approximate surface area is 155 Å². The number of hydrogen-bond donors (Lipinski definition) is 4. The monoisotopic (exact) mass is 363 g/mol. The number of anilines is 1. The molecule has 0 radical (unpaired) electrons. The van der Waals surface area contributed by atoms with Crippen LogP contribution in [0.15, 0.2) is 36.7 Å². The average Bonchev–Trinajstić information content (AvgIpc) is 3.10. The fourth-order valence-corrected chi connectivity index (χ4v) is 2.59. The molecule has 3 rings (SSSR count). The molecule has 3 aromatic rings. The van der Waals surface area contributed by atoms with Gasteiger partial charge in [0.05, 0.1) is 18.4 Å². The number of nitrogens with zero attached hydrogens (tertiary/aromatic N) is 5. The summed E-state index contributed by atoms with van der Waals surface area (Å²) in [5.74, 6) is 0.372. The SMILES string of the molecule is N#CCn1cc(-c2ccnc(NCCO)n2)c(-c2cc(O)cc(C=N)c2)n1. The molecule has 2 aromatic heterocycles. The van der Waals surface area contributed by atoms with Crippen LogP contribution in [0.5, 0.6) is 5.75 Å². The van der Waals surface area contributed by atoms with Crippen molar-refractivity contribution in [3.05, 3.63) is 42.2 Å². The molecule has 0 unspecified atom stereocenters. The minimum absolute atomic E-state index is 0.0137. The summed E-state index contributed by atoms with van der Waals surface area (Å²) in [4.78, 5) is 8.53. The van der Waals surface area contributed by atoms with Gasteiger partial charge in [-0.25, -0.2) is 9.97 Å². The predicted octanol–water partition coefficient (Wildman–Crippen LogP) is 1.64. The first-order valence-corrected chi connectivity index (χ1v) is 8.12. The molecule has 0 bridgehead atoms. The van der Waals surface area contributed by atoms with Crippen LogP contribution in [0.25, 0.3) is 22.5 Å². The number of benzene rings is 1. The number of nitrogens with one attached hydrogen (secondary N) is 2. The van der Waals surface area contributed by atoms with Crippen LogP contribution >= 0.6 is 0 Å². The van der Waals surface area contributed by atoms with Gasteiger partial charge in [-0.2, -0.15) is 10.4 Å². The van der Waals surface area contributed by atoms with E-state index in [1.807, 2.05) is 6.07 Å². The van der Waals surface area contributed by atoms with E-state index in [2.05, 4.69) is 20.4 Å². The van der Waals surface area contributed by atoms with Crippen molar-refractivity contribution in [2.75, 3.05) is 18.5 Å². The standard InChI is InChI=1S/C18H17N7O2/c19-2-5-25-11-15(16-1-3-21-18(23-16)22-4-6-26)17(24-25)13-7-12(10-20)8-14(27)9-13/h1,3,7-11,20,26-27H,4-6H2,(H,21,22,23). The first-order chi connectivity index (χ1) is 13.1. The van der Waals surface area contributed by atoms with Crippen molar-refractivity contribution in [1.29, 1.82) is 10.7 Å². The lowest BCUT2D eigenvalue weighted by atomic mass is 10.0. The fraction of sp³-hybridized carbons (Fsp3) is 0.167. The molecular formula is C18H17N7O2. The number of aliphatic hydroxyl groups excluding tert-OH is 1. The second-order valence-electron chi connectivity index (χ2n) is 5.62. The highest BCUT2D eigenvalue weighted by Crippen LogP contribution is 2.32. The Balaban J connectivity index is 2.12. The van der Waals surface area contributed by atoms with Gasteiger partial charge in [0.25, 0.3) is 0 Å². The van der Waals surface area contributed by atoms with Gasteiger partial charge in [0, 0.05) is 36.3 Å². The van der Waals surface area contributed by atoms with Crippen LogP contribution in [0, 0.1) is 16.7 Å². The molecule has 0 atom stereocenters. The number of aliphatic hydroxyl groups is 1. The largest absolute Gasteiger partial charge is 0.508 e. The molecule has 0 aliphatic carbocycles. The summed E-state index contributed by atoms with van der Waals surface area (Å²) in [5.41, 5.74) is 2.88. The molecular weight excluding hydrogens is 346 g/mol. The minimum Gasteiger partial charge on any atom is -0.508 e. The Morgan fingerprint density at radius 2 is 2.19 bits per heavy atom. The Bertz CT molecular complexity index is 1010. The number of nitriles is 1. The van der Waals surface area contributed by atoms with Gasteiger partial charge in [-0.05, 0) is 29.8 Å². The van der Waals surface area contributed by atoms with Gasteiger partial charge in [-0.1, -0.05) is 0 Å². The van der Waals surface area contributed by atoms with Crippen LogP contribution in [-0.2, 0) is 6.54 Å². The average molecular weight is 363 g/mol. The number of rotatable bonds is 7. The molecule has 0 aliphatic heterocycles. The van der Waals surface area contributed by atoms with Crippen LogP contribution in [0.2, 0.25) is 0 Å². The van der Waals surface area contributed by atoms with Gasteiger partial charge < -0.3 is 20.9 Å². The van der Waals surface area contributed by atoms with Gasteiger partial charge in [-0.3, -0.25) is 4.68 Å². The molecule has 9 heteroatoms. The number of phenols is 1. The van der Waals surface area contributed by atoms with Crippen molar-refractivity contribution in [3.63, 3.8) is 0 Å². The zero-order valence-corrected chi connectivity index (χ0v) is 14.3. The Morgan fingerprint density at radius 3 is 2.93 bits per heavy atom. The normalized spacial score (nSPS) is 10.4. The Morgan fingerprint density at radius 1 is 1.33 bits per heavy atom. The number of phenolic OH excluding ortho intramolecular Hbond substituents is 1. The maximum absolute atomic E-state index is 9.95. The summed E-state index contributed by atoms with van der Waals surface area (Å²) >= 11 is 0. The van der Waals surface area contributed by atoms with E-state index in [9.17, 15) is 5.11 Å². The summed E-state index contributed by atoms with van der Waals surface area (Å²) in [6.45, 7) is 0.331. The first-order valence-electron chi connectivity index (χ1n) is 8.12. The van der Waals surface area contributed by atoms with E-state index in [4.69, 9.17) is 15.8 Å². The second kappa shape index (κ2) is 8.07. The minimum atomic E-state index is -0.0470. The Hall–Kier alpha value is -3.77. The molecule has 0 aliphatic rings. The van der Waals surface area contributed by atoms with Crippen LogP contribution in [0.4, 0.5) is 5.95 Å². The van der Waals surface area contributed by atoms with E-state index in [-0.39, 0.29) is 18.9 Å². The van der Waals surface area contributed by atoms with Gasteiger partial charge in [0.1, 0.15) is 18.0 Å². The van der Waals surface area contributed by atoms with Crippen molar-refractivity contribution in [2.24, 2.45) is 0 Å². The van der Waals surface area contributed by atoms with Gasteiger partial charge in [-0.15, -0.1) is 0 Å². The first kappa shape index (κ1) is 18.0. The smallest absolute Gasteiger partial charge is 0.223 e. The maximum atomic E-state index is 9.95. The fourth-order valence-electron chi connectivity index (χ4n) is 2.59. The Kier molecular flexibility index (Phi) is 5.39. The summed E-state index contributed by atoms with van der Waals surface area (Å²) < 4.78 is 1.49. The van der Waals surface area contributed by atoms with Crippen LogP contribution in [0.1, 0.15) is 5.56 Å². The number of aromatic hydroxyl groups is 1. The molecule has 1 aromatic carbocycles. The van der Waals surface area contributed by atoms with Gasteiger partial charge in [0.2, 0.25) is 5.95 Å². The summed E-state index contributed by atoms with van der Waals surface area (Å²) in [6.07, 6.45) is 4.42. The molecule has 9 nitrogen and oxygen atoms in total. The van der Waals surface area contributed by atoms with E-state index >= 15 is 0 Å². The van der Waals surface area contributed by atoms with Gasteiger partial charge >= 0.3 is 0 Å². The lowest BCUT2D eigenvalue weighted by molar-refractivity contribution is 0.311. The van der Waals surface area contributed by atoms with E-state index in [1.165, 1.54) is 10.7 Å². The van der Waals surface area contributed by atoms with Crippen molar-refractivity contribution in [1.82, 2.24) is 19.7 Å². The van der Waals surface area contributed by atoms with Crippen LogP contribution < -0.4 is 5.32 Å². The summed E-state index contributed by atoms with van der Waals surface area (Å²) in [7, 11) is 0. The van der Waals surface area contributed by atoms with E-state index in [0.29, 0.717) is 40.6 Å². The molecule has 0 fully saturated rings. The van der Waals surface area contributed by atoms with E-state index in [0.717, 1.165) is 6.21 Å². The molecule has 0 spiro atoms. The lowest BCUT2D eigenvalue weighted by Gasteiger charge is -2.06.